The van der Waals surface area contributed by atoms with Crippen LogP contribution in [0.1, 0.15) is 17.2 Å². The molecule has 2 nitrogen and oxygen atoms in total. The number of rotatable bonds is 2. The van der Waals surface area contributed by atoms with Gasteiger partial charge in [-0.15, -0.1) is 0 Å². The van der Waals surface area contributed by atoms with Gasteiger partial charge in [-0.25, -0.2) is 8.78 Å². The second kappa shape index (κ2) is 4.63. The first-order chi connectivity index (χ1) is 9.15. The van der Waals surface area contributed by atoms with Crippen molar-refractivity contribution in [2.75, 3.05) is 0 Å². The number of para-hydroxylation sites is 1. The zero-order valence-electron chi connectivity index (χ0n) is 10.1. The van der Waals surface area contributed by atoms with Crippen molar-refractivity contribution in [1.29, 1.82) is 0 Å². The fraction of sp³-hybridized carbons (Fsp3) is 0.200. The molecule has 0 radical (unpaired) electrons. The molecule has 0 bridgehead atoms. The highest BCUT2D eigenvalue weighted by Crippen LogP contribution is 2.33. The smallest absolute Gasteiger partial charge is 0.159 e. The van der Waals surface area contributed by atoms with Crippen LogP contribution in [0.3, 0.4) is 0 Å². The lowest BCUT2D eigenvalue weighted by Crippen LogP contribution is -2.30. The van der Waals surface area contributed by atoms with E-state index < -0.39 is 17.7 Å². The zero-order valence-corrected chi connectivity index (χ0v) is 10.1. The Morgan fingerprint density at radius 3 is 2.63 bits per heavy atom. The average Bonchev–Trinajstić information content (AvgIpc) is 2.85. The highest BCUT2D eigenvalue weighted by atomic mass is 19.2. The Morgan fingerprint density at radius 1 is 1.11 bits per heavy atom. The third-order valence-electron chi connectivity index (χ3n) is 3.40. The molecule has 0 saturated carbocycles. The van der Waals surface area contributed by atoms with E-state index in [4.69, 9.17) is 10.5 Å². The van der Waals surface area contributed by atoms with Gasteiger partial charge in [0.2, 0.25) is 0 Å². The Balaban J connectivity index is 1.82. The summed E-state index contributed by atoms with van der Waals surface area (Å²) >= 11 is 0. The number of nitrogens with two attached hydrogens (primary N) is 1. The van der Waals surface area contributed by atoms with Crippen molar-refractivity contribution in [2.45, 2.75) is 18.6 Å². The maximum absolute atomic E-state index is 13.2. The van der Waals surface area contributed by atoms with E-state index >= 15 is 0 Å². The molecular weight excluding hydrogens is 248 g/mol. The van der Waals surface area contributed by atoms with Gasteiger partial charge in [0.25, 0.3) is 0 Å². The van der Waals surface area contributed by atoms with Crippen LogP contribution in [0.25, 0.3) is 0 Å². The standard InChI is InChI=1S/C15H13F2NO/c16-11-6-5-10(7-12(11)17)15(18)14-8-9-3-1-2-4-13(9)19-14/h1-7,14-15H,8,18H2. The van der Waals surface area contributed by atoms with Gasteiger partial charge in [-0.1, -0.05) is 24.3 Å². The molecule has 1 aliphatic heterocycles. The van der Waals surface area contributed by atoms with Crippen molar-refractivity contribution in [1.82, 2.24) is 0 Å². The van der Waals surface area contributed by atoms with Crippen LogP contribution in [0.5, 0.6) is 5.75 Å². The minimum atomic E-state index is -0.886. The van der Waals surface area contributed by atoms with Crippen LogP contribution >= 0.6 is 0 Å². The predicted octanol–water partition coefficient (Wildman–Crippen LogP) is 2.97. The second-order valence-corrected chi connectivity index (χ2v) is 4.67. The summed E-state index contributed by atoms with van der Waals surface area (Å²) in [7, 11) is 0. The van der Waals surface area contributed by atoms with Gasteiger partial charge < -0.3 is 10.5 Å². The first-order valence-electron chi connectivity index (χ1n) is 6.10. The Bertz CT molecular complexity index is 590. The highest BCUT2D eigenvalue weighted by molar-refractivity contribution is 5.38. The van der Waals surface area contributed by atoms with Crippen molar-refractivity contribution in [2.24, 2.45) is 5.73 Å². The van der Waals surface area contributed by atoms with E-state index in [1.54, 1.807) is 0 Å². The minimum Gasteiger partial charge on any atom is -0.488 e. The molecule has 0 amide bonds. The molecule has 3 rings (SSSR count). The van der Waals surface area contributed by atoms with Gasteiger partial charge in [0, 0.05) is 6.42 Å². The molecule has 2 unspecified atom stereocenters. The molecule has 2 aromatic carbocycles. The normalized spacial score (nSPS) is 18.8. The number of hydrogen-bond donors (Lipinski definition) is 1. The predicted molar refractivity (Wildman–Crippen MR) is 67.8 cm³/mol. The van der Waals surface area contributed by atoms with E-state index in [0.29, 0.717) is 12.0 Å². The van der Waals surface area contributed by atoms with Crippen LogP contribution in [-0.2, 0) is 6.42 Å². The number of hydrogen-bond acceptors (Lipinski definition) is 2. The lowest BCUT2D eigenvalue weighted by Gasteiger charge is -2.19. The van der Waals surface area contributed by atoms with Gasteiger partial charge >= 0.3 is 0 Å². The minimum absolute atomic E-state index is 0.248. The third kappa shape index (κ3) is 2.19. The van der Waals surface area contributed by atoms with E-state index in [0.717, 1.165) is 23.4 Å². The van der Waals surface area contributed by atoms with Crippen LogP contribution in [0.15, 0.2) is 42.5 Å². The van der Waals surface area contributed by atoms with Crippen molar-refractivity contribution >= 4 is 0 Å². The summed E-state index contributed by atoms with van der Waals surface area (Å²) in [5, 5.41) is 0. The summed E-state index contributed by atoms with van der Waals surface area (Å²) in [5.74, 6) is -0.944. The van der Waals surface area contributed by atoms with E-state index in [1.165, 1.54) is 6.07 Å². The number of ether oxygens (including phenoxy) is 1. The number of halogens is 2. The zero-order chi connectivity index (χ0) is 13.4. The van der Waals surface area contributed by atoms with Gasteiger partial charge in [-0.05, 0) is 29.3 Å². The Labute approximate surface area is 109 Å². The maximum atomic E-state index is 13.2. The van der Waals surface area contributed by atoms with Crippen LogP contribution in [-0.4, -0.2) is 6.10 Å². The topological polar surface area (TPSA) is 35.2 Å². The van der Waals surface area contributed by atoms with E-state index in [-0.39, 0.29) is 6.10 Å². The first-order valence-corrected chi connectivity index (χ1v) is 6.10. The van der Waals surface area contributed by atoms with Crippen LogP contribution < -0.4 is 10.5 Å². The van der Waals surface area contributed by atoms with Crippen LogP contribution in [0, 0.1) is 11.6 Å². The van der Waals surface area contributed by atoms with E-state index in [1.807, 2.05) is 24.3 Å². The fourth-order valence-electron chi connectivity index (χ4n) is 2.34. The number of benzene rings is 2. The highest BCUT2D eigenvalue weighted by Gasteiger charge is 2.29. The first kappa shape index (κ1) is 12.1. The van der Waals surface area contributed by atoms with Gasteiger partial charge in [0.15, 0.2) is 11.6 Å². The maximum Gasteiger partial charge on any atom is 0.159 e. The van der Waals surface area contributed by atoms with Crippen LogP contribution in [0.4, 0.5) is 8.78 Å². The van der Waals surface area contributed by atoms with Gasteiger partial charge in [0.05, 0.1) is 6.04 Å². The quantitative estimate of drug-likeness (QED) is 0.902. The molecule has 0 aromatic heterocycles. The number of fused-ring (bicyclic) bond motifs is 1. The largest absolute Gasteiger partial charge is 0.488 e. The second-order valence-electron chi connectivity index (χ2n) is 4.67. The average molecular weight is 261 g/mol. The molecule has 2 N–H and O–H groups in total. The third-order valence-corrected chi connectivity index (χ3v) is 3.40. The molecule has 0 aliphatic carbocycles. The van der Waals surface area contributed by atoms with Gasteiger partial charge in [0.1, 0.15) is 11.9 Å². The molecular formula is C15H13F2NO. The summed E-state index contributed by atoms with van der Waals surface area (Å²) in [5.41, 5.74) is 7.71. The lowest BCUT2D eigenvalue weighted by atomic mass is 9.98. The SMILES string of the molecule is NC(c1ccc(F)c(F)c1)C1Cc2ccccc2O1. The van der Waals surface area contributed by atoms with Crippen molar-refractivity contribution in [3.8, 4) is 5.75 Å². The summed E-state index contributed by atoms with van der Waals surface area (Å²) < 4.78 is 31.9. The Morgan fingerprint density at radius 2 is 1.89 bits per heavy atom. The summed E-state index contributed by atoms with van der Waals surface area (Å²) in [4.78, 5) is 0. The molecule has 0 saturated heterocycles. The fourth-order valence-corrected chi connectivity index (χ4v) is 2.34. The van der Waals surface area contributed by atoms with Gasteiger partial charge in [-0.2, -0.15) is 0 Å². The monoisotopic (exact) mass is 261 g/mol. The molecule has 98 valence electrons. The van der Waals surface area contributed by atoms with Crippen molar-refractivity contribution in [3.63, 3.8) is 0 Å². The summed E-state index contributed by atoms with van der Waals surface area (Å²) in [6.45, 7) is 0. The van der Waals surface area contributed by atoms with E-state index in [2.05, 4.69) is 0 Å². The molecule has 2 atom stereocenters. The molecule has 1 aliphatic rings. The van der Waals surface area contributed by atoms with Crippen LogP contribution in [0.2, 0.25) is 0 Å². The molecule has 0 spiro atoms. The van der Waals surface area contributed by atoms with Gasteiger partial charge in [-0.3, -0.25) is 0 Å². The Hall–Kier alpha value is -1.94. The molecule has 4 heteroatoms. The molecule has 19 heavy (non-hydrogen) atoms. The molecule has 0 fully saturated rings. The Kier molecular flexibility index (Phi) is 2.95. The molecule has 2 aromatic rings. The van der Waals surface area contributed by atoms with Crippen molar-refractivity contribution < 1.29 is 13.5 Å². The summed E-state index contributed by atoms with van der Waals surface area (Å²) in [6, 6.07) is 10.9. The lowest BCUT2D eigenvalue weighted by molar-refractivity contribution is 0.199. The van der Waals surface area contributed by atoms with Crippen molar-refractivity contribution in [3.05, 3.63) is 65.2 Å². The molecule has 1 heterocycles. The van der Waals surface area contributed by atoms with E-state index in [9.17, 15) is 8.78 Å². The summed E-state index contributed by atoms with van der Waals surface area (Å²) in [6.07, 6.45) is 0.429.